The molecule has 0 saturated carbocycles. The molecule has 0 amide bonds. The molecular weight excluding hydrogens is 773 g/mol. The van der Waals surface area contributed by atoms with E-state index in [4.69, 9.17) is 0 Å². The summed E-state index contributed by atoms with van der Waals surface area (Å²) in [6.07, 6.45) is 5.86. The summed E-state index contributed by atoms with van der Waals surface area (Å²) in [5.41, 5.74) is 19.3. The fraction of sp³-hybridized carbons (Fsp3) is 0.0645. The average Bonchev–Trinajstić information content (AvgIpc) is 3.85. The SMILES string of the molecule is CC1C=CC2=C(C1)c1ccc(N(c3ccc(-c4ccccc4)cc3)c3ccc(-c4ccc5c(c4)c4ccccc4n5-c4ccccc4)cc3)cc1C2(c1ccccc1)c1ccccc1. The Bertz CT molecular complexity index is 3340. The van der Waals surface area contributed by atoms with Crippen molar-refractivity contribution in [2.24, 2.45) is 5.92 Å². The summed E-state index contributed by atoms with van der Waals surface area (Å²) < 4.78 is 2.38. The summed E-state index contributed by atoms with van der Waals surface area (Å²) in [5.74, 6) is 0.468. The summed E-state index contributed by atoms with van der Waals surface area (Å²) in [7, 11) is 0. The van der Waals surface area contributed by atoms with Crippen molar-refractivity contribution >= 4 is 44.4 Å². The molecule has 0 spiro atoms. The zero-order chi connectivity index (χ0) is 42.6. The zero-order valence-electron chi connectivity index (χ0n) is 35.8. The van der Waals surface area contributed by atoms with Gasteiger partial charge in [-0.15, -0.1) is 0 Å². The van der Waals surface area contributed by atoms with E-state index in [0.29, 0.717) is 5.92 Å². The van der Waals surface area contributed by atoms with Crippen LogP contribution < -0.4 is 4.90 Å². The quantitative estimate of drug-likeness (QED) is 0.148. The van der Waals surface area contributed by atoms with E-state index in [-0.39, 0.29) is 0 Å². The minimum Gasteiger partial charge on any atom is -0.310 e. The molecule has 2 aliphatic carbocycles. The van der Waals surface area contributed by atoms with Gasteiger partial charge in [0.15, 0.2) is 0 Å². The number of nitrogens with zero attached hydrogens (tertiary/aromatic N) is 2. The second kappa shape index (κ2) is 15.4. The van der Waals surface area contributed by atoms with Crippen LogP contribution in [0.5, 0.6) is 0 Å². The van der Waals surface area contributed by atoms with Gasteiger partial charge in [-0.05, 0) is 135 Å². The van der Waals surface area contributed by atoms with Crippen molar-refractivity contribution in [3.63, 3.8) is 0 Å². The van der Waals surface area contributed by atoms with E-state index >= 15 is 0 Å². The standard InChI is InChI=1S/C62H46N2/c1-43-26-38-58-56(40-43)54-37-36-53(42-59(54)62(58,48-18-8-3-9-19-48)49-20-10-4-11-21-49)63(51-32-27-45(28-33-51)44-16-6-2-7-17-44)52-34-29-46(30-35-52)47-31-39-61-57(41-47)55-24-14-15-25-60(55)64(61)50-22-12-5-13-23-50/h2-39,41-43H,40H2,1H3. The molecule has 0 N–H and O–H groups in total. The average molecular weight is 819 g/mol. The van der Waals surface area contributed by atoms with Crippen LogP contribution in [0.1, 0.15) is 35.6 Å². The molecule has 64 heavy (non-hydrogen) atoms. The minimum absolute atomic E-state index is 0.463. The first-order valence-electron chi connectivity index (χ1n) is 22.5. The van der Waals surface area contributed by atoms with Gasteiger partial charge in [0, 0.05) is 33.5 Å². The summed E-state index contributed by atoms with van der Waals surface area (Å²) in [6, 6.07) is 84.8. The number of fused-ring (bicyclic) bond motifs is 5. The number of rotatable bonds is 8. The van der Waals surface area contributed by atoms with E-state index in [1.807, 2.05) is 0 Å². The van der Waals surface area contributed by atoms with Gasteiger partial charge in [0.1, 0.15) is 0 Å². The lowest BCUT2D eigenvalue weighted by Gasteiger charge is -2.36. The minimum atomic E-state index is -0.463. The van der Waals surface area contributed by atoms with Crippen molar-refractivity contribution in [3.8, 4) is 27.9 Å². The summed E-state index contributed by atoms with van der Waals surface area (Å²) in [5, 5.41) is 2.50. The van der Waals surface area contributed by atoms with Crippen LogP contribution in [0, 0.1) is 5.92 Å². The summed E-state index contributed by atoms with van der Waals surface area (Å²) >= 11 is 0. The third kappa shape index (κ3) is 6.09. The number of aromatic nitrogens is 1. The van der Waals surface area contributed by atoms with Gasteiger partial charge in [-0.2, -0.15) is 0 Å². The van der Waals surface area contributed by atoms with Gasteiger partial charge in [-0.25, -0.2) is 0 Å². The molecule has 0 aliphatic heterocycles. The van der Waals surface area contributed by atoms with Crippen LogP contribution in [0.4, 0.5) is 17.1 Å². The third-order valence-electron chi connectivity index (χ3n) is 13.6. The van der Waals surface area contributed by atoms with Crippen LogP contribution in [-0.4, -0.2) is 4.57 Å². The van der Waals surface area contributed by atoms with E-state index < -0.39 is 5.41 Å². The molecule has 1 unspecified atom stereocenters. The van der Waals surface area contributed by atoms with Gasteiger partial charge in [0.25, 0.3) is 0 Å². The highest BCUT2D eigenvalue weighted by Gasteiger charge is 2.48. The topological polar surface area (TPSA) is 8.17 Å². The predicted molar refractivity (Wildman–Crippen MR) is 269 cm³/mol. The van der Waals surface area contributed by atoms with Crippen molar-refractivity contribution in [2.75, 3.05) is 4.90 Å². The Morgan fingerprint density at radius 1 is 0.453 bits per heavy atom. The number of benzene rings is 9. The fourth-order valence-electron chi connectivity index (χ4n) is 10.7. The molecule has 0 bridgehead atoms. The van der Waals surface area contributed by atoms with E-state index in [1.54, 1.807) is 0 Å². The highest BCUT2D eigenvalue weighted by atomic mass is 15.1. The van der Waals surface area contributed by atoms with Gasteiger partial charge in [0.2, 0.25) is 0 Å². The highest BCUT2D eigenvalue weighted by Crippen LogP contribution is 2.58. The Balaban J connectivity index is 1.01. The van der Waals surface area contributed by atoms with E-state index in [1.165, 1.54) is 83.1 Å². The van der Waals surface area contributed by atoms with Crippen LogP contribution in [0.15, 0.2) is 248 Å². The molecular formula is C62H46N2. The van der Waals surface area contributed by atoms with Crippen LogP contribution in [0.2, 0.25) is 0 Å². The second-order valence-electron chi connectivity index (χ2n) is 17.4. The first-order valence-corrected chi connectivity index (χ1v) is 22.5. The summed E-state index contributed by atoms with van der Waals surface area (Å²) in [6.45, 7) is 2.34. The molecule has 10 aromatic rings. The van der Waals surface area contributed by atoms with Crippen LogP contribution in [0.3, 0.4) is 0 Å². The molecule has 304 valence electrons. The number of hydrogen-bond acceptors (Lipinski definition) is 1. The van der Waals surface area contributed by atoms with Gasteiger partial charge >= 0.3 is 0 Å². The van der Waals surface area contributed by atoms with Crippen molar-refractivity contribution in [3.05, 3.63) is 271 Å². The highest BCUT2D eigenvalue weighted by molar-refractivity contribution is 6.10. The molecule has 12 rings (SSSR count). The normalized spacial score (nSPS) is 15.0. The maximum atomic E-state index is 2.49. The van der Waals surface area contributed by atoms with Crippen LogP contribution >= 0.6 is 0 Å². The smallest absolute Gasteiger partial charge is 0.0710 e. The van der Waals surface area contributed by atoms with Gasteiger partial charge in [-0.1, -0.05) is 183 Å². The molecule has 1 aromatic heterocycles. The molecule has 2 aliphatic rings. The number of allylic oxidation sites excluding steroid dienone is 4. The molecule has 1 atom stereocenters. The van der Waals surface area contributed by atoms with Crippen molar-refractivity contribution in [1.82, 2.24) is 4.57 Å². The number of hydrogen-bond donors (Lipinski definition) is 0. The third-order valence-corrected chi connectivity index (χ3v) is 13.6. The number of anilines is 3. The first-order chi connectivity index (χ1) is 31.6. The van der Waals surface area contributed by atoms with E-state index in [9.17, 15) is 0 Å². The van der Waals surface area contributed by atoms with Gasteiger partial charge < -0.3 is 9.47 Å². The maximum absolute atomic E-state index is 2.49. The van der Waals surface area contributed by atoms with E-state index in [0.717, 1.165) is 23.5 Å². The Morgan fingerprint density at radius 2 is 0.969 bits per heavy atom. The molecule has 2 nitrogen and oxygen atoms in total. The zero-order valence-corrected chi connectivity index (χ0v) is 35.8. The molecule has 2 heteroatoms. The monoisotopic (exact) mass is 818 g/mol. The Kier molecular flexibility index (Phi) is 9.12. The maximum Gasteiger partial charge on any atom is 0.0710 e. The molecule has 0 saturated heterocycles. The molecule has 9 aromatic carbocycles. The predicted octanol–water partition coefficient (Wildman–Crippen LogP) is 16.3. The largest absolute Gasteiger partial charge is 0.310 e. The molecule has 0 fully saturated rings. The lowest BCUT2D eigenvalue weighted by molar-refractivity contribution is 0.718. The number of para-hydroxylation sites is 2. The van der Waals surface area contributed by atoms with Crippen molar-refractivity contribution in [2.45, 2.75) is 18.8 Å². The Hall–Kier alpha value is -7.94. The fourth-order valence-corrected chi connectivity index (χ4v) is 10.7. The Morgan fingerprint density at radius 3 is 1.62 bits per heavy atom. The van der Waals surface area contributed by atoms with Crippen molar-refractivity contribution < 1.29 is 0 Å². The Labute approximate surface area is 375 Å². The summed E-state index contributed by atoms with van der Waals surface area (Å²) in [4.78, 5) is 2.44. The van der Waals surface area contributed by atoms with Gasteiger partial charge in [0.05, 0.1) is 16.4 Å². The molecule has 1 heterocycles. The van der Waals surface area contributed by atoms with E-state index in [2.05, 4.69) is 259 Å². The second-order valence-corrected chi connectivity index (χ2v) is 17.4. The lowest BCUT2D eigenvalue weighted by atomic mass is 9.66. The van der Waals surface area contributed by atoms with Gasteiger partial charge in [-0.3, -0.25) is 0 Å². The molecule has 0 radical (unpaired) electrons. The first kappa shape index (κ1) is 37.8. The lowest BCUT2D eigenvalue weighted by Crippen LogP contribution is -2.30. The van der Waals surface area contributed by atoms with Crippen molar-refractivity contribution in [1.29, 1.82) is 0 Å². The van der Waals surface area contributed by atoms with Crippen LogP contribution in [0.25, 0.3) is 55.3 Å². The van der Waals surface area contributed by atoms with Crippen LogP contribution in [-0.2, 0) is 5.41 Å².